The van der Waals surface area contributed by atoms with E-state index in [0.717, 1.165) is 18.4 Å². The Labute approximate surface area is 113 Å². The molecule has 0 amide bonds. The Balaban J connectivity index is 1.93. The third-order valence-corrected chi connectivity index (χ3v) is 4.35. The number of ether oxygens (including phenoxy) is 2. The van der Waals surface area contributed by atoms with Crippen LogP contribution in [0.1, 0.15) is 18.4 Å². The number of aryl methyl sites for hydroxylation is 1. The van der Waals surface area contributed by atoms with Gasteiger partial charge in [-0.1, -0.05) is 17.7 Å². The molecule has 1 aromatic rings. The van der Waals surface area contributed by atoms with E-state index in [2.05, 4.69) is 0 Å². The largest absolute Gasteiger partial charge is 0.356 e. The van der Waals surface area contributed by atoms with Crippen LogP contribution in [0.4, 0.5) is 0 Å². The van der Waals surface area contributed by atoms with Gasteiger partial charge in [0, 0.05) is 13.5 Å². The molecule has 1 saturated heterocycles. The summed E-state index contributed by atoms with van der Waals surface area (Å²) in [6.45, 7) is 1.92. The van der Waals surface area contributed by atoms with Gasteiger partial charge in [0.1, 0.15) is 0 Å². The third kappa shape index (κ3) is 3.76. The van der Waals surface area contributed by atoms with E-state index in [1.807, 2.05) is 6.92 Å². The molecule has 1 aliphatic heterocycles. The molecule has 0 aromatic heterocycles. The number of hydrogen-bond donors (Lipinski definition) is 0. The van der Waals surface area contributed by atoms with Crippen molar-refractivity contribution in [2.45, 2.75) is 37.1 Å². The van der Waals surface area contributed by atoms with Gasteiger partial charge in [-0.3, -0.25) is 4.18 Å². The summed E-state index contributed by atoms with van der Waals surface area (Å²) in [4.78, 5) is 0.166. The van der Waals surface area contributed by atoms with Gasteiger partial charge in [0.2, 0.25) is 0 Å². The molecule has 1 aromatic carbocycles. The van der Waals surface area contributed by atoms with E-state index in [1.54, 1.807) is 19.2 Å². The van der Waals surface area contributed by atoms with Crippen LogP contribution >= 0.6 is 0 Å². The highest BCUT2D eigenvalue weighted by Crippen LogP contribution is 2.22. The average Bonchev–Trinajstić information content (AvgIpc) is 2.85. The van der Waals surface area contributed by atoms with E-state index in [0.29, 0.717) is 0 Å². The second-order valence-electron chi connectivity index (χ2n) is 4.55. The lowest BCUT2D eigenvalue weighted by Gasteiger charge is -2.12. The van der Waals surface area contributed by atoms with Crippen molar-refractivity contribution in [3.8, 4) is 0 Å². The molecular weight excluding hydrogens is 268 g/mol. The molecule has 0 saturated carbocycles. The molecule has 0 N–H and O–H groups in total. The maximum atomic E-state index is 11.9. The van der Waals surface area contributed by atoms with Crippen LogP contribution in [0.5, 0.6) is 0 Å². The Morgan fingerprint density at radius 3 is 2.53 bits per heavy atom. The molecule has 0 unspecified atom stereocenters. The van der Waals surface area contributed by atoms with Crippen molar-refractivity contribution in [1.82, 2.24) is 0 Å². The quantitative estimate of drug-likeness (QED) is 0.773. The number of hydrogen-bond acceptors (Lipinski definition) is 5. The maximum Gasteiger partial charge on any atom is 0.297 e. The molecule has 1 fully saturated rings. The fourth-order valence-electron chi connectivity index (χ4n) is 1.91. The van der Waals surface area contributed by atoms with E-state index in [9.17, 15) is 8.42 Å². The van der Waals surface area contributed by atoms with Gasteiger partial charge in [-0.25, -0.2) is 0 Å². The molecule has 106 valence electrons. The molecular formula is C13H18O5S. The molecule has 2 atom stereocenters. The van der Waals surface area contributed by atoms with Crippen LogP contribution < -0.4 is 0 Å². The third-order valence-electron chi connectivity index (χ3n) is 3.05. The molecule has 0 aliphatic carbocycles. The molecule has 0 bridgehead atoms. The van der Waals surface area contributed by atoms with Crippen molar-refractivity contribution in [2.24, 2.45) is 0 Å². The van der Waals surface area contributed by atoms with Crippen molar-refractivity contribution < 1.29 is 22.1 Å². The van der Waals surface area contributed by atoms with Crippen LogP contribution in [-0.4, -0.2) is 34.5 Å². The van der Waals surface area contributed by atoms with E-state index >= 15 is 0 Å². The average molecular weight is 286 g/mol. The maximum absolute atomic E-state index is 11.9. The van der Waals surface area contributed by atoms with Gasteiger partial charge >= 0.3 is 0 Å². The minimum Gasteiger partial charge on any atom is -0.356 e. The Kier molecular flexibility index (Phi) is 4.57. The van der Waals surface area contributed by atoms with Gasteiger partial charge in [0.25, 0.3) is 10.1 Å². The molecule has 19 heavy (non-hydrogen) atoms. The first kappa shape index (κ1) is 14.5. The zero-order chi connectivity index (χ0) is 13.9. The Morgan fingerprint density at radius 2 is 1.95 bits per heavy atom. The van der Waals surface area contributed by atoms with Crippen molar-refractivity contribution in [3.63, 3.8) is 0 Å². The van der Waals surface area contributed by atoms with Crippen molar-refractivity contribution in [3.05, 3.63) is 29.8 Å². The molecule has 6 heteroatoms. The van der Waals surface area contributed by atoms with E-state index in [-0.39, 0.29) is 23.9 Å². The SMILES string of the molecule is CO[C@@H]1CC[C@H](COS(=O)(=O)c2ccc(C)cc2)O1. The Hall–Kier alpha value is -0.950. The van der Waals surface area contributed by atoms with E-state index in [1.165, 1.54) is 12.1 Å². The summed E-state index contributed by atoms with van der Waals surface area (Å²) in [7, 11) is -2.14. The standard InChI is InChI=1S/C13H18O5S/c1-10-3-6-12(7-4-10)19(14,15)17-9-11-5-8-13(16-2)18-11/h3-4,6-7,11,13H,5,8-9H2,1-2H3/t11-,13+/m1/s1. The second-order valence-corrected chi connectivity index (χ2v) is 6.17. The molecule has 0 radical (unpaired) electrons. The molecule has 5 nitrogen and oxygen atoms in total. The van der Waals surface area contributed by atoms with Crippen LogP contribution in [-0.2, 0) is 23.8 Å². The normalized spacial score (nSPS) is 23.7. The van der Waals surface area contributed by atoms with Gasteiger partial charge in [-0.05, 0) is 25.5 Å². The topological polar surface area (TPSA) is 61.8 Å². The molecule has 1 aliphatic rings. The zero-order valence-electron chi connectivity index (χ0n) is 11.0. The summed E-state index contributed by atoms with van der Waals surface area (Å²) < 4.78 is 39.4. The predicted octanol–water partition coefficient (Wildman–Crippen LogP) is 1.85. The van der Waals surface area contributed by atoms with E-state index < -0.39 is 10.1 Å². The van der Waals surface area contributed by atoms with Gasteiger partial charge in [0.05, 0.1) is 17.6 Å². The first-order chi connectivity index (χ1) is 9.01. The monoisotopic (exact) mass is 286 g/mol. The second kappa shape index (κ2) is 6.00. The zero-order valence-corrected chi connectivity index (χ0v) is 11.9. The lowest BCUT2D eigenvalue weighted by molar-refractivity contribution is -0.120. The highest BCUT2D eigenvalue weighted by atomic mass is 32.2. The number of benzene rings is 1. The van der Waals surface area contributed by atoms with Crippen LogP contribution in [0.15, 0.2) is 29.2 Å². The number of methoxy groups -OCH3 is 1. The molecule has 0 spiro atoms. The van der Waals surface area contributed by atoms with Crippen molar-refractivity contribution >= 4 is 10.1 Å². The predicted molar refractivity (Wildman–Crippen MR) is 69.2 cm³/mol. The minimum atomic E-state index is -3.71. The van der Waals surface area contributed by atoms with Gasteiger partial charge < -0.3 is 9.47 Å². The van der Waals surface area contributed by atoms with Crippen LogP contribution in [0, 0.1) is 6.92 Å². The smallest absolute Gasteiger partial charge is 0.297 e. The summed E-state index contributed by atoms with van der Waals surface area (Å²) in [5.41, 5.74) is 1.00. The lowest BCUT2D eigenvalue weighted by atomic mass is 10.2. The summed E-state index contributed by atoms with van der Waals surface area (Å²) in [5, 5.41) is 0. The summed E-state index contributed by atoms with van der Waals surface area (Å²) in [5.74, 6) is 0. The summed E-state index contributed by atoms with van der Waals surface area (Å²) in [6, 6.07) is 6.56. The van der Waals surface area contributed by atoms with Gasteiger partial charge in [-0.15, -0.1) is 0 Å². The highest BCUT2D eigenvalue weighted by molar-refractivity contribution is 7.86. The van der Waals surface area contributed by atoms with Crippen LogP contribution in [0.2, 0.25) is 0 Å². The van der Waals surface area contributed by atoms with E-state index in [4.69, 9.17) is 13.7 Å². The molecule has 2 rings (SSSR count). The van der Waals surface area contributed by atoms with Crippen molar-refractivity contribution in [2.75, 3.05) is 13.7 Å². The summed E-state index contributed by atoms with van der Waals surface area (Å²) in [6.07, 6.45) is 1.01. The Bertz CT molecular complexity index is 508. The minimum absolute atomic E-state index is 0.0239. The first-order valence-electron chi connectivity index (χ1n) is 6.15. The lowest BCUT2D eigenvalue weighted by Crippen LogP contribution is -2.20. The van der Waals surface area contributed by atoms with Crippen molar-refractivity contribution in [1.29, 1.82) is 0 Å². The number of rotatable bonds is 5. The summed E-state index contributed by atoms with van der Waals surface area (Å²) >= 11 is 0. The first-order valence-corrected chi connectivity index (χ1v) is 7.56. The molecule has 1 heterocycles. The fourth-order valence-corrected chi connectivity index (χ4v) is 2.84. The highest BCUT2D eigenvalue weighted by Gasteiger charge is 2.27. The fraction of sp³-hybridized carbons (Fsp3) is 0.538. The van der Waals surface area contributed by atoms with Crippen LogP contribution in [0.25, 0.3) is 0 Å². The van der Waals surface area contributed by atoms with Gasteiger partial charge in [0.15, 0.2) is 6.29 Å². The van der Waals surface area contributed by atoms with Crippen LogP contribution in [0.3, 0.4) is 0 Å². The van der Waals surface area contributed by atoms with Gasteiger partial charge in [-0.2, -0.15) is 8.42 Å². The Morgan fingerprint density at radius 1 is 1.26 bits per heavy atom.